The highest BCUT2D eigenvalue weighted by Crippen LogP contribution is 2.12. The van der Waals surface area contributed by atoms with Gasteiger partial charge in [-0.1, -0.05) is 12.1 Å². The van der Waals surface area contributed by atoms with Crippen molar-refractivity contribution in [3.63, 3.8) is 0 Å². The number of phenols is 1. The van der Waals surface area contributed by atoms with Gasteiger partial charge in [0.1, 0.15) is 5.75 Å². The number of nitrogens with two attached hydrogens (primary N) is 1. The Kier molecular flexibility index (Phi) is 9.67. The zero-order chi connectivity index (χ0) is 10.6. The van der Waals surface area contributed by atoms with E-state index in [4.69, 9.17) is 10.8 Å². The molecule has 3 nitrogen and oxygen atoms in total. The maximum absolute atomic E-state index is 9.12. The zero-order valence-electron chi connectivity index (χ0n) is 9.59. The SMILES string of the molecule is CN(C)[C@@H](CN)Cc1ccc(O)cc1.Cl.Cl. The van der Waals surface area contributed by atoms with Crippen molar-refractivity contribution in [2.45, 2.75) is 12.5 Å². The normalized spacial score (nSPS) is 11.5. The first-order chi connectivity index (χ1) is 6.63. The standard InChI is InChI=1S/C11H18N2O.2ClH/c1-13(2)10(8-12)7-9-3-5-11(14)6-4-9;;/h3-6,10,14H,7-8,12H2,1-2H3;2*1H/t10-;;/m1../s1. The molecule has 1 atom stereocenters. The van der Waals surface area contributed by atoms with Gasteiger partial charge in [0.05, 0.1) is 0 Å². The van der Waals surface area contributed by atoms with Crippen LogP contribution in [-0.2, 0) is 6.42 Å². The average molecular weight is 267 g/mol. The monoisotopic (exact) mass is 266 g/mol. The third-order valence-corrected chi connectivity index (χ3v) is 2.41. The molecule has 5 heteroatoms. The van der Waals surface area contributed by atoms with E-state index in [2.05, 4.69) is 4.90 Å². The Hall–Kier alpha value is -0.480. The van der Waals surface area contributed by atoms with Crippen LogP contribution in [0.3, 0.4) is 0 Å². The first kappa shape index (κ1) is 17.9. The number of nitrogens with zero attached hydrogens (tertiary/aromatic N) is 1. The van der Waals surface area contributed by atoms with Crippen molar-refractivity contribution in [2.24, 2.45) is 5.73 Å². The van der Waals surface area contributed by atoms with Crippen molar-refractivity contribution in [3.05, 3.63) is 29.8 Å². The molecule has 0 heterocycles. The van der Waals surface area contributed by atoms with Gasteiger partial charge in [0.2, 0.25) is 0 Å². The lowest BCUT2D eigenvalue weighted by molar-refractivity contribution is 0.298. The summed E-state index contributed by atoms with van der Waals surface area (Å²) in [6, 6.07) is 7.64. The minimum Gasteiger partial charge on any atom is -0.508 e. The summed E-state index contributed by atoms with van der Waals surface area (Å²) >= 11 is 0. The summed E-state index contributed by atoms with van der Waals surface area (Å²) in [7, 11) is 4.05. The van der Waals surface area contributed by atoms with E-state index in [0.717, 1.165) is 6.42 Å². The zero-order valence-corrected chi connectivity index (χ0v) is 11.2. The van der Waals surface area contributed by atoms with Crippen LogP contribution in [0.1, 0.15) is 5.56 Å². The van der Waals surface area contributed by atoms with E-state index in [-0.39, 0.29) is 24.8 Å². The second-order valence-corrected chi connectivity index (χ2v) is 3.72. The molecule has 94 valence electrons. The van der Waals surface area contributed by atoms with E-state index in [1.54, 1.807) is 12.1 Å². The Morgan fingerprint density at radius 2 is 1.69 bits per heavy atom. The second kappa shape index (κ2) is 8.65. The van der Waals surface area contributed by atoms with Gasteiger partial charge in [0, 0.05) is 12.6 Å². The van der Waals surface area contributed by atoms with Crippen molar-refractivity contribution in [1.82, 2.24) is 4.90 Å². The maximum Gasteiger partial charge on any atom is 0.115 e. The average Bonchev–Trinajstić information content (AvgIpc) is 2.16. The smallest absolute Gasteiger partial charge is 0.115 e. The van der Waals surface area contributed by atoms with Crippen LogP contribution in [0.2, 0.25) is 0 Å². The number of benzene rings is 1. The number of aromatic hydroxyl groups is 1. The molecule has 16 heavy (non-hydrogen) atoms. The summed E-state index contributed by atoms with van der Waals surface area (Å²) < 4.78 is 0. The number of hydrogen-bond acceptors (Lipinski definition) is 3. The lowest BCUT2D eigenvalue weighted by atomic mass is 10.1. The minimum atomic E-state index is 0. The molecule has 0 saturated carbocycles. The largest absolute Gasteiger partial charge is 0.508 e. The van der Waals surface area contributed by atoms with Crippen molar-refractivity contribution in [1.29, 1.82) is 0 Å². The second-order valence-electron chi connectivity index (χ2n) is 3.72. The molecule has 0 aliphatic carbocycles. The molecule has 1 aromatic rings. The third-order valence-electron chi connectivity index (χ3n) is 2.41. The lowest BCUT2D eigenvalue weighted by Crippen LogP contribution is -2.36. The van der Waals surface area contributed by atoms with Gasteiger partial charge in [-0.3, -0.25) is 0 Å². The van der Waals surface area contributed by atoms with Crippen LogP contribution in [0.4, 0.5) is 0 Å². The topological polar surface area (TPSA) is 49.5 Å². The van der Waals surface area contributed by atoms with Crippen LogP contribution >= 0.6 is 24.8 Å². The number of rotatable bonds is 4. The highest BCUT2D eigenvalue weighted by Gasteiger charge is 2.09. The molecule has 0 unspecified atom stereocenters. The summed E-state index contributed by atoms with van der Waals surface area (Å²) in [5.74, 6) is 0.308. The van der Waals surface area contributed by atoms with Crippen LogP contribution in [0.5, 0.6) is 5.75 Å². The lowest BCUT2D eigenvalue weighted by Gasteiger charge is -2.22. The van der Waals surface area contributed by atoms with Gasteiger partial charge in [0.15, 0.2) is 0 Å². The van der Waals surface area contributed by atoms with E-state index in [9.17, 15) is 0 Å². The molecule has 0 aliphatic rings. The van der Waals surface area contributed by atoms with E-state index >= 15 is 0 Å². The van der Waals surface area contributed by atoms with Gasteiger partial charge in [-0.05, 0) is 38.2 Å². The summed E-state index contributed by atoms with van der Waals surface area (Å²) in [5, 5.41) is 9.12. The maximum atomic E-state index is 9.12. The van der Waals surface area contributed by atoms with Gasteiger partial charge in [0.25, 0.3) is 0 Å². The van der Waals surface area contributed by atoms with Crippen LogP contribution in [-0.4, -0.2) is 36.7 Å². The van der Waals surface area contributed by atoms with Gasteiger partial charge >= 0.3 is 0 Å². The van der Waals surface area contributed by atoms with Crippen molar-refractivity contribution < 1.29 is 5.11 Å². The highest BCUT2D eigenvalue weighted by molar-refractivity contribution is 5.85. The summed E-state index contributed by atoms with van der Waals surface area (Å²) in [6.07, 6.45) is 0.920. The van der Waals surface area contributed by atoms with Gasteiger partial charge in [-0.15, -0.1) is 24.8 Å². The summed E-state index contributed by atoms with van der Waals surface area (Å²) in [4.78, 5) is 2.12. The van der Waals surface area contributed by atoms with Crippen LogP contribution in [0, 0.1) is 0 Å². The minimum absolute atomic E-state index is 0. The van der Waals surface area contributed by atoms with E-state index in [1.165, 1.54) is 5.56 Å². The molecule has 0 amide bonds. The fourth-order valence-electron chi connectivity index (χ4n) is 1.38. The van der Waals surface area contributed by atoms with E-state index in [0.29, 0.717) is 18.3 Å². The molecule has 0 saturated heterocycles. The predicted octanol–water partition coefficient (Wildman–Crippen LogP) is 1.67. The summed E-state index contributed by atoms with van der Waals surface area (Å²) in [6.45, 7) is 0.647. The fourth-order valence-corrected chi connectivity index (χ4v) is 1.38. The first-order valence-electron chi connectivity index (χ1n) is 4.78. The summed E-state index contributed by atoms with van der Waals surface area (Å²) in [5.41, 5.74) is 6.86. The molecule has 0 bridgehead atoms. The van der Waals surface area contributed by atoms with Crippen molar-refractivity contribution in [2.75, 3.05) is 20.6 Å². The van der Waals surface area contributed by atoms with Crippen LogP contribution in [0.25, 0.3) is 0 Å². The third kappa shape index (κ3) is 5.56. The molecule has 0 fully saturated rings. The predicted molar refractivity (Wildman–Crippen MR) is 72.8 cm³/mol. The first-order valence-corrected chi connectivity index (χ1v) is 4.78. The van der Waals surface area contributed by atoms with E-state index in [1.807, 2.05) is 26.2 Å². The fraction of sp³-hybridized carbons (Fsp3) is 0.455. The Balaban J connectivity index is 0. The van der Waals surface area contributed by atoms with Crippen molar-refractivity contribution in [3.8, 4) is 5.75 Å². The van der Waals surface area contributed by atoms with Crippen LogP contribution in [0.15, 0.2) is 24.3 Å². The Morgan fingerprint density at radius 3 is 2.06 bits per heavy atom. The van der Waals surface area contributed by atoms with Gasteiger partial charge in [-0.25, -0.2) is 0 Å². The quantitative estimate of drug-likeness (QED) is 0.872. The Morgan fingerprint density at radius 1 is 1.19 bits per heavy atom. The number of halogens is 2. The molecule has 0 radical (unpaired) electrons. The van der Waals surface area contributed by atoms with E-state index < -0.39 is 0 Å². The Bertz CT molecular complexity index is 278. The number of hydrogen-bond donors (Lipinski definition) is 2. The molecular weight excluding hydrogens is 247 g/mol. The molecule has 1 aromatic carbocycles. The number of phenolic OH excluding ortho intramolecular Hbond substituents is 1. The molecule has 0 aromatic heterocycles. The van der Waals surface area contributed by atoms with Crippen molar-refractivity contribution >= 4 is 24.8 Å². The number of likely N-dealkylation sites (N-methyl/N-ethyl adjacent to an activating group) is 1. The molecule has 0 spiro atoms. The molecule has 0 aliphatic heterocycles. The molecule has 3 N–H and O–H groups in total. The van der Waals surface area contributed by atoms with Gasteiger partial charge < -0.3 is 15.7 Å². The highest BCUT2D eigenvalue weighted by atomic mass is 35.5. The van der Waals surface area contributed by atoms with Crippen LogP contribution < -0.4 is 5.73 Å². The Labute approximate surface area is 109 Å². The molecular formula is C11H20Cl2N2O. The van der Waals surface area contributed by atoms with Gasteiger partial charge in [-0.2, -0.15) is 0 Å². The molecule has 1 rings (SSSR count).